The van der Waals surface area contributed by atoms with Crippen LogP contribution in [0.15, 0.2) is 0 Å². The molecule has 3 fully saturated rings. The first-order chi connectivity index (χ1) is 12.6. The second kappa shape index (κ2) is 5.60. The molecule has 0 unspecified atom stereocenters. The summed E-state index contributed by atoms with van der Waals surface area (Å²) in [5.74, 6) is 0.837. The maximum absolute atomic E-state index is 12.7. The van der Waals surface area contributed by atoms with E-state index in [-0.39, 0.29) is 49.3 Å². The maximum Gasteiger partial charge on any atom is 0.243 e. The van der Waals surface area contributed by atoms with Crippen molar-refractivity contribution in [3.05, 3.63) is 11.6 Å². The van der Waals surface area contributed by atoms with Gasteiger partial charge in [0, 0.05) is 13.1 Å². The van der Waals surface area contributed by atoms with Gasteiger partial charge in [-0.2, -0.15) is 0 Å². The molecule has 4 atom stereocenters. The van der Waals surface area contributed by atoms with Gasteiger partial charge in [0.1, 0.15) is 13.2 Å². The quantitative estimate of drug-likeness (QED) is 0.704. The molecule has 5 rings (SSSR count). The van der Waals surface area contributed by atoms with Crippen LogP contribution >= 0.6 is 0 Å². The lowest BCUT2D eigenvalue weighted by atomic mass is 9.81. The molecule has 2 bridgehead atoms. The Labute approximate surface area is 150 Å². The van der Waals surface area contributed by atoms with Gasteiger partial charge < -0.3 is 14.6 Å². The van der Waals surface area contributed by atoms with Crippen molar-refractivity contribution in [1.82, 2.24) is 24.6 Å². The van der Waals surface area contributed by atoms with Crippen molar-refractivity contribution in [1.29, 1.82) is 0 Å². The summed E-state index contributed by atoms with van der Waals surface area (Å²) in [6, 6.07) is 0. The molecule has 2 saturated carbocycles. The molecule has 1 N–H and O–H groups in total. The van der Waals surface area contributed by atoms with Crippen LogP contribution in [-0.4, -0.2) is 60.5 Å². The Morgan fingerprint density at radius 1 is 1.08 bits per heavy atom. The third kappa shape index (κ3) is 2.09. The van der Waals surface area contributed by atoms with Gasteiger partial charge in [-0.15, -0.1) is 10.2 Å². The second-order valence-corrected chi connectivity index (χ2v) is 7.80. The Kier molecular flexibility index (Phi) is 3.43. The fourth-order valence-corrected chi connectivity index (χ4v) is 5.41. The van der Waals surface area contributed by atoms with Crippen LogP contribution in [-0.2, 0) is 34.1 Å². The smallest absolute Gasteiger partial charge is 0.243 e. The summed E-state index contributed by atoms with van der Waals surface area (Å²) in [6.07, 6.45) is 3.05. The number of fused-ring (bicyclic) bond motifs is 6. The number of carbonyl (C=O) groups excluding carboxylic acids is 3. The van der Waals surface area contributed by atoms with Crippen molar-refractivity contribution < 1.29 is 19.5 Å². The predicted molar refractivity (Wildman–Crippen MR) is 85.9 cm³/mol. The summed E-state index contributed by atoms with van der Waals surface area (Å²) < 4.78 is 1.80. The van der Waals surface area contributed by atoms with Crippen LogP contribution in [0.3, 0.4) is 0 Å². The van der Waals surface area contributed by atoms with Gasteiger partial charge >= 0.3 is 0 Å². The van der Waals surface area contributed by atoms with Crippen LogP contribution in [0.25, 0.3) is 0 Å². The number of amides is 3. The zero-order valence-electron chi connectivity index (χ0n) is 14.4. The van der Waals surface area contributed by atoms with Gasteiger partial charge in [-0.05, 0) is 31.1 Å². The van der Waals surface area contributed by atoms with E-state index in [2.05, 4.69) is 10.2 Å². The normalized spacial score (nSPS) is 32.3. The van der Waals surface area contributed by atoms with E-state index in [1.165, 1.54) is 4.90 Å². The topological polar surface area (TPSA) is 109 Å². The van der Waals surface area contributed by atoms with E-state index in [4.69, 9.17) is 0 Å². The Morgan fingerprint density at radius 2 is 1.77 bits per heavy atom. The zero-order valence-corrected chi connectivity index (χ0v) is 14.4. The lowest BCUT2D eigenvalue weighted by Gasteiger charge is -2.29. The van der Waals surface area contributed by atoms with E-state index in [0.717, 1.165) is 19.3 Å². The molecule has 9 nitrogen and oxygen atoms in total. The third-order valence-corrected chi connectivity index (χ3v) is 6.64. The van der Waals surface area contributed by atoms with E-state index < -0.39 is 0 Å². The minimum Gasteiger partial charge on any atom is -0.388 e. The number of hydrogen-bond donors (Lipinski definition) is 1. The van der Waals surface area contributed by atoms with Gasteiger partial charge in [0.05, 0.1) is 18.4 Å². The molecular weight excluding hydrogens is 338 g/mol. The summed E-state index contributed by atoms with van der Waals surface area (Å²) in [5.41, 5.74) is 0. The van der Waals surface area contributed by atoms with Crippen LogP contribution in [0.4, 0.5) is 0 Å². The van der Waals surface area contributed by atoms with Crippen molar-refractivity contribution in [2.24, 2.45) is 23.7 Å². The second-order valence-electron chi connectivity index (χ2n) is 7.80. The molecule has 9 heteroatoms. The highest BCUT2D eigenvalue weighted by atomic mass is 16.3. The Morgan fingerprint density at radius 3 is 2.42 bits per heavy atom. The van der Waals surface area contributed by atoms with Crippen LogP contribution < -0.4 is 0 Å². The molecule has 2 aliphatic carbocycles. The number of rotatable bonds is 3. The Bertz CT molecular complexity index is 777. The molecule has 3 amide bonds. The van der Waals surface area contributed by atoms with Crippen molar-refractivity contribution in [3.63, 3.8) is 0 Å². The largest absolute Gasteiger partial charge is 0.388 e. The first-order valence-electron chi connectivity index (χ1n) is 9.23. The number of aliphatic hydroxyl groups is 1. The molecule has 4 aliphatic rings. The van der Waals surface area contributed by atoms with Gasteiger partial charge in [-0.3, -0.25) is 19.3 Å². The van der Waals surface area contributed by atoms with Crippen LogP contribution in [0.5, 0.6) is 0 Å². The maximum atomic E-state index is 12.7. The van der Waals surface area contributed by atoms with Crippen LogP contribution in [0.1, 0.15) is 30.9 Å². The number of imide groups is 1. The molecular formula is C17H21N5O4. The molecule has 0 spiro atoms. The minimum atomic E-state index is -0.237. The number of aliphatic hydroxyl groups excluding tert-OH is 1. The Hall–Kier alpha value is -2.29. The van der Waals surface area contributed by atoms with Gasteiger partial charge in [0.25, 0.3) is 0 Å². The van der Waals surface area contributed by atoms with Crippen LogP contribution in [0.2, 0.25) is 0 Å². The average Bonchev–Trinajstić information content (AvgIpc) is 3.40. The summed E-state index contributed by atoms with van der Waals surface area (Å²) in [7, 11) is 0. The number of nitrogens with zero attached hydrogens (tertiary/aromatic N) is 5. The molecule has 1 aromatic rings. The number of carbonyl (C=O) groups is 3. The molecule has 0 radical (unpaired) electrons. The van der Waals surface area contributed by atoms with Gasteiger partial charge in [-0.1, -0.05) is 0 Å². The van der Waals surface area contributed by atoms with Crippen LogP contribution in [0, 0.1) is 23.7 Å². The lowest BCUT2D eigenvalue weighted by Crippen LogP contribution is -2.46. The lowest BCUT2D eigenvalue weighted by molar-refractivity contribution is -0.147. The van der Waals surface area contributed by atoms with Gasteiger partial charge in [0.2, 0.25) is 17.7 Å². The minimum absolute atomic E-state index is 0.150. The first-order valence-corrected chi connectivity index (χ1v) is 9.23. The molecule has 1 saturated heterocycles. The van der Waals surface area contributed by atoms with E-state index in [0.29, 0.717) is 36.6 Å². The highest BCUT2D eigenvalue weighted by Gasteiger charge is 2.61. The van der Waals surface area contributed by atoms with Crippen molar-refractivity contribution in [2.75, 3.05) is 13.1 Å². The molecule has 138 valence electrons. The summed E-state index contributed by atoms with van der Waals surface area (Å²) in [5, 5.41) is 17.2. The monoisotopic (exact) mass is 359 g/mol. The van der Waals surface area contributed by atoms with E-state index >= 15 is 0 Å². The highest BCUT2D eigenvalue weighted by Crippen LogP contribution is 2.56. The summed E-state index contributed by atoms with van der Waals surface area (Å²) in [6.45, 7) is 0.862. The third-order valence-electron chi connectivity index (χ3n) is 6.64. The summed E-state index contributed by atoms with van der Waals surface area (Å²) >= 11 is 0. The van der Waals surface area contributed by atoms with E-state index in [1.807, 2.05) is 0 Å². The molecule has 1 aromatic heterocycles. The Balaban J connectivity index is 1.29. The molecule has 3 heterocycles. The number of hydrogen-bond acceptors (Lipinski definition) is 6. The summed E-state index contributed by atoms with van der Waals surface area (Å²) in [4.78, 5) is 41.0. The highest BCUT2D eigenvalue weighted by molar-refractivity contribution is 6.08. The molecule has 26 heavy (non-hydrogen) atoms. The van der Waals surface area contributed by atoms with E-state index in [9.17, 15) is 19.5 Å². The molecule has 0 aromatic carbocycles. The fraction of sp³-hybridized carbons (Fsp3) is 0.706. The number of aromatic nitrogens is 3. The zero-order chi connectivity index (χ0) is 18.0. The fourth-order valence-electron chi connectivity index (χ4n) is 5.41. The predicted octanol–water partition coefficient (Wildman–Crippen LogP) is -0.856. The average molecular weight is 359 g/mol. The van der Waals surface area contributed by atoms with Crippen molar-refractivity contribution >= 4 is 17.7 Å². The van der Waals surface area contributed by atoms with E-state index in [1.54, 1.807) is 9.47 Å². The number of likely N-dealkylation sites (tertiary alicyclic amines) is 1. The standard InChI is InChI=1S/C17H21N5O4/c23-8-12-19-18-11-6-20(3-4-21(11)12)13(24)7-22-16(25)14-9-1-2-10(5-9)15(14)17(22)26/h9-10,14-15,23H,1-8H2/t9-,10+,14-,15-/m1/s1. The van der Waals surface area contributed by atoms with Gasteiger partial charge in [-0.25, -0.2) is 0 Å². The molecule has 2 aliphatic heterocycles. The van der Waals surface area contributed by atoms with Crippen molar-refractivity contribution in [3.8, 4) is 0 Å². The SMILES string of the molecule is O=C(CN1C(=O)[C@@H]2[C@@H]3CC[C@@H](C3)[C@H]2C1=O)N1CCn2c(CO)nnc2C1. The van der Waals surface area contributed by atoms with Crippen molar-refractivity contribution in [2.45, 2.75) is 39.0 Å². The van der Waals surface area contributed by atoms with Gasteiger partial charge in [0.15, 0.2) is 11.6 Å². The first kappa shape index (κ1) is 15.9.